The van der Waals surface area contributed by atoms with Crippen LogP contribution in [0.5, 0.6) is 0 Å². The molecule has 2 aromatic heterocycles. The van der Waals surface area contributed by atoms with Gasteiger partial charge in [-0.15, -0.1) is 0 Å². The highest BCUT2D eigenvalue weighted by molar-refractivity contribution is 6.17. The van der Waals surface area contributed by atoms with E-state index >= 15 is 0 Å². The van der Waals surface area contributed by atoms with Gasteiger partial charge in [0.1, 0.15) is 22.3 Å². The first kappa shape index (κ1) is 37.5. The van der Waals surface area contributed by atoms with Crippen LogP contribution in [0, 0.1) is 0 Å². The van der Waals surface area contributed by atoms with Crippen LogP contribution in [0.1, 0.15) is 0 Å². The highest BCUT2D eigenvalue weighted by Gasteiger charge is 2.18. The van der Waals surface area contributed by atoms with Gasteiger partial charge in [-0.05, 0) is 145 Å². The SMILES string of the molecule is c1ccc2c(c1)cc(-c1ccc(N(c3ccc(-c4ccc5oc6c7ccccc7ccc6c5c4)cc3)c3ccc(-c4ccc5oc6c7ccccc7ccc6c5c4)cc3)cc1)c1ccccc12. The van der Waals surface area contributed by atoms with E-state index in [0.29, 0.717) is 0 Å². The van der Waals surface area contributed by atoms with Crippen molar-refractivity contribution in [3.8, 4) is 33.4 Å². The molecule has 0 aliphatic heterocycles. The second kappa shape index (κ2) is 14.8. The van der Waals surface area contributed by atoms with Crippen molar-refractivity contribution in [2.45, 2.75) is 0 Å². The number of benzene rings is 12. The van der Waals surface area contributed by atoms with Crippen LogP contribution in [-0.2, 0) is 0 Å². The Morgan fingerprint density at radius 2 is 0.642 bits per heavy atom. The molecule has 2 heterocycles. The van der Waals surface area contributed by atoms with E-state index in [9.17, 15) is 0 Å². The summed E-state index contributed by atoms with van der Waals surface area (Å²) in [6, 6.07) is 85.4. The third kappa shape index (κ3) is 6.06. The fourth-order valence-electron chi connectivity index (χ4n) is 10.5. The fraction of sp³-hybridized carbons (Fsp3) is 0. The molecule has 3 heteroatoms. The molecule has 0 bridgehead atoms. The maximum Gasteiger partial charge on any atom is 0.143 e. The van der Waals surface area contributed by atoms with Crippen molar-refractivity contribution in [1.82, 2.24) is 0 Å². The molecule has 14 rings (SSSR count). The number of rotatable bonds is 6. The van der Waals surface area contributed by atoms with Gasteiger partial charge < -0.3 is 13.7 Å². The minimum Gasteiger partial charge on any atom is -0.455 e. The Morgan fingerprint density at radius 3 is 1.15 bits per heavy atom. The summed E-state index contributed by atoms with van der Waals surface area (Å²) >= 11 is 0. The normalized spacial score (nSPS) is 11.9. The van der Waals surface area contributed by atoms with Crippen LogP contribution in [0.4, 0.5) is 17.1 Å². The van der Waals surface area contributed by atoms with Gasteiger partial charge in [0.25, 0.3) is 0 Å². The Bertz CT molecular complexity index is 4060. The van der Waals surface area contributed by atoms with Gasteiger partial charge in [-0.1, -0.05) is 158 Å². The van der Waals surface area contributed by atoms with Crippen LogP contribution in [0.15, 0.2) is 245 Å². The fourth-order valence-corrected chi connectivity index (χ4v) is 10.5. The zero-order chi connectivity index (χ0) is 44.0. The molecule has 0 saturated heterocycles. The Hall–Kier alpha value is -8.92. The second-order valence-electron chi connectivity index (χ2n) is 17.6. The molecule has 0 radical (unpaired) electrons. The number of fused-ring (bicyclic) bond motifs is 13. The molecule has 0 saturated carbocycles. The molecule has 3 nitrogen and oxygen atoms in total. The first-order valence-electron chi connectivity index (χ1n) is 22.9. The van der Waals surface area contributed by atoms with E-state index < -0.39 is 0 Å². The molecule has 0 N–H and O–H groups in total. The Kier molecular flexibility index (Phi) is 8.28. The van der Waals surface area contributed by atoms with Gasteiger partial charge in [0.15, 0.2) is 0 Å². The summed E-state index contributed by atoms with van der Waals surface area (Å²) in [5, 5.41) is 14.2. The van der Waals surface area contributed by atoms with Crippen molar-refractivity contribution >= 4 is 104 Å². The number of furan rings is 2. The quantitative estimate of drug-likeness (QED) is 0.156. The van der Waals surface area contributed by atoms with Crippen LogP contribution in [-0.4, -0.2) is 0 Å². The first-order chi connectivity index (χ1) is 33.2. The summed E-state index contributed by atoms with van der Waals surface area (Å²) in [6.07, 6.45) is 0. The van der Waals surface area contributed by atoms with E-state index in [2.05, 4.69) is 241 Å². The predicted molar refractivity (Wildman–Crippen MR) is 282 cm³/mol. The van der Waals surface area contributed by atoms with E-state index in [-0.39, 0.29) is 0 Å². The molecule has 0 atom stereocenters. The van der Waals surface area contributed by atoms with Gasteiger partial charge in [0.2, 0.25) is 0 Å². The molecule has 12 aromatic carbocycles. The Balaban J connectivity index is 0.854. The Labute approximate surface area is 386 Å². The van der Waals surface area contributed by atoms with Gasteiger partial charge in [-0.2, -0.15) is 0 Å². The molecule has 0 aliphatic rings. The molecular weight excluding hydrogens is 815 g/mol. The maximum absolute atomic E-state index is 6.45. The van der Waals surface area contributed by atoms with Crippen LogP contribution in [0.25, 0.3) is 120 Å². The largest absolute Gasteiger partial charge is 0.455 e. The van der Waals surface area contributed by atoms with Crippen molar-refractivity contribution in [2.24, 2.45) is 0 Å². The molecule has 67 heavy (non-hydrogen) atoms. The summed E-state index contributed by atoms with van der Waals surface area (Å²) in [4.78, 5) is 2.35. The van der Waals surface area contributed by atoms with Crippen molar-refractivity contribution in [3.05, 3.63) is 237 Å². The molecule has 0 aliphatic carbocycles. The smallest absolute Gasteiger partial charge is 0.143 e. The average Bonchev–Trinajstić information content (AvgIpc) is 3.98. The molecule has 14 aromatic rings. The van der Waals surface area contributed by atoms with Crippen LogP contribution < -0.4 is 4.90 Å². The number of hydrogen-bond acceptors (Lipinski definition) is 3. The second-order valence-corrected chi connectivity index (χ2v) is 17.6. The summed E-state index contributed by atoms with van der Waals surface area (Å²) in [6.45, 7) is 0. The molecule has 0 amide bonds. The van der Waals surface area contributed by atoms with E-state index in [1.807, 2.05) is 0 Å². The standard InChI is InChI=1S/C64H39NO2/c1-5-13-52-42(9-1)23-33-56-59-37-45(25-35-61(59)66-63(52)56)40-17-27-48(28-18-40)65(50-31-21-44(22-32-50)58-39-47-11-3-4-12-51(47)54-15-7-8-16-55(54)58)49-29-19-41(20-30-49)46-26-36-62-60(38-46)57-34-24-43-10-2-6-14-53(43)64(57)67-62/h1-39H. The minimum atomic E-state index is 0.896. The van der Waals surface area contributed by atoms with Gasteiger partial charge in [0, 0.05) is 49.4 Å². The van der Waals surface area contributed by atoms with Crippen molar-refractivity contribution in [1.29, 1.82) is 0 Å². The lowest BCUT2D eigenvalue weighted by Crippen LogP contribution is -2.09. The third-order valence-corrected chi connectivity index (χ3v) is 13.8. The zero-order valence-electron chi connectivity index (χ0n) is 36.3. The number of nitrogens with zero attached hydrogens (tertiary/aromatic N) is 1. The van der Waals surface area contributed by atoms with Gasteiger partial charge >= 0.3 is 0 Å². The summed E-state index contributed by atoms with van der Waals surface area (Å²) in [5.41, 5.74) is 13.9. The number of hydrogen-bond donors (Lipinski definition) is 0. The topological polar surface area (TPSA) is 29.5 Å². The predicted octanol–water partition coefficient (Wildman–Crippen LogP) is 18.6. The highest BCUT2D eigenvalue weighted by Crippen LogP contribution is 2.42. The molecular formula is C64H39NO2. The molecule has 0 spiro atoms. The molecule has 312 valence electrons. The highest BCUT2D eigenvalue weighted by atomic mass is 16.3. The lowest BCUT2D eigenvalue weighted by molar-refractivity contribution is 0.672. The number of anilines is 3. The van der Waals surface area contributed by atoms with E-state index in [4.69, 9.17) is 8.83 Å². The maximum atomic E-state index is 6.45. The lowest BCUT2D eigenvalue weighted by atomic mass is 9.93. The van der Waals surface area contributed by atoms with E-state index in [0.717, 1.165) is 94.0 Å². The van der Waals surface area contributed by atoms with Gasteiger partial charge in [0.05, 0.1) is 0 Å². The van der Waals surface area contributed by atoms with E-state index in [1.54, 1.807) is 0 Å². The molecule has 0 unspecified atom stereocenters. The zero-order valence-corrected chi connectivity index (χ0v) is 36.3. The van der Waals surface area contributed by atoms with E-state index in [1.165, 1.54) is 43.4 Å². The van der Waals surface area contributed by atoms with Crippen LogP contribution >= 0.6 is 0 Å². The lowest BCUT2D eigenvalue weighted by Gasteiger charge is -2.26. The van der Waals surface area contributed by atoms with Crippen LogP contribution in [0.2, 0.25) is 0 Å². The molecule has 0 fully saturated rings. The first-order valence-corrected chi connectivity index (χ1v) is 22.9. The van der Waals surface area contributed by atoms with Crippen LogP contribution in [0.3, 0.4) is 0 Å². The third-order valence-electron chi connectivity index (χ3n) is 13.8. The summed E-state index contributed by atoms with van der Waals surface area (Å²) in [5.74, 6) is 0. The van der Waals surface area contributed by atoms with Gasteiger partial charge in [-0.3, -0.25) is 0 Å². The Morgan fingerprint density at radius 1 is 0.239 bits per heavy atom. The summed E-state index contributed by atoms with van der Waals surface area (Å²) < 4.78 is 12.9. The van der Waals surface area contributed by atoms with Crippen molar-refractivity contribution < 1.29 is 8.83 Å². The van der Waals surface area contributed by atoms with Crippen molar-refractivity contribution in [2.75, 3.05) is 4.90 Å². The average molecular weight is 854 g/mol. The summed E-state index contributed by atoms with van der Waals surface area (Å²) in [7, 11) is 0. The minimum absolute atomic E-state index is 0.896. The van der Waals surface area contributed by atoms with Crippen molar-refractivity contribution in [3.63, 3.8) is 0 Å². The van der Waals surface area contributed by atoms with Gasteiger partial charge in [-0.25, -0.2) is 0 Å². The monoisotopic (exact) mass is 853 g/mol.